The molecule has 1 aliphatic rings. The summed E-state index contributed by atoms with van der Waals surface area (Å²) < 4.78 is 1.63. The molecule has 1 atom stereocenters. The SMILES string of the molecule is CC(O)C1CCN(C(=O)c2ccn(C)n2)CC1. The summed E-state index contributed by atoms with van der Waals surface area (Å²) in [5, 5.41) is 13.6. The zero-order chi connectivity index (χ0) is 12.4. The molecule has 5 heteroatoms. The van der Waals surface area contributed by atoms with Crippen molar-refractivity contribution in [2.75, 3.05) is 13.1 Å². The summed E-state index contributed by atoms with van der Waals surface area (Å²) in [5.41, 5.74) is 0.503. The fourth-order valence-electron chi connectivity index (χ4n) is 2.28. The van der Waals surface area contributed by atoms with E-state index in [0.717, 1.165) is 12.8 Å². The Kier molecular flexibility index (Phi) is 3.47. The van der Waals surface area contributed by atoms with Crippen LogP contribution in [-0.2, 0) is 7.05 Å². The quantitative estimate of drug-likeness (QED) is 0.821. The molecule has 1 amide bonds. The number of carbonyl (C=O) groups excluding carboxylic acids is 1. The van der Waals surface area contributed by atoms with Gasteiger partial charge in [0.05, 0.1) is 6.10 Å². The van der Waals surface area contributed by atoms with E-state index in [1.54, 1.807) is 24.0 Å². The number of piperidine rings is 1. The van der Waals surface area contributed by atoms with Gasteiger partial charge in [0, 0.05) is 26.3 Å². The highest BCUT2D eigenvalue weighted by atomic mass is 16.3. The normalized spacial score (nSPS) is 19.4. The molecule has 1 unspecified atom stereocenters. The van der Waals surface area contributed by atoms with E-state index >= 15 is 0 Å². The van der Waals surface area contributed by atoms with Crippen LogP contribution in [0.5, 0.6) is 0 Å². The number of aliphatic hydroxyl groups is 1. The third-order valence-electron chi connectivity index (χ3n) is 3.44. The van der Waals surface area contributed by atoms with Gasteiger partial charge in [0.15, 0.2) is 0 Å². The summed E-state index contributed by atoms with van der Waals surface area (Å²) in [4.78, 5) is 13.9. The molecule has 2 heterocycles. The average molecular weight is 237 g/mol. The number of amides is 1. The van der Waals surface area contributed by atoms with Crippen LogP contribution in [0.15, 0.2) is 12.3 Å². The maximum absolute atomic E-state index is 12.1. The smallest absolute Gasteiger partial charge is 0.274 e. The van der Waals surface area contributed by atoms with Crippen molar-refractivity contribution in [3.05, 3.63) is 18.0 Å². The zero-order valence-corrected chi connectivity index (χ0v) is 10.3. The van der Waals surface area contributed by atoms with Crippen molar-refractivity contribution in [3.63, 3.8) is 0 Å². The molecule has 0 aromatic carbocycles. The van der Waals surface area contributed by atoms with E-state index in [9.17, 15) is 9.90 Å². The Balaban J connectivity index is 1.95. The van der Waals surface area contributed by atoms with Gasteiger partial charge in [0.2, 0.25) is 0 Å². The van der Waals surface area contributed by atoms with Crippen molar-refractivity contribution >= 4 is 5.91 Å². The molecule has 5 nitrogen and oxygen atoms in total. The average Bonchev–Trinajstić information content (AvgIpc) is 2.75. The third kappa shape index (κ3) is 2.66. The lowest BCUT2D eigenvalue weighted by Gasteiger charge is -2.32. The molecule has 0 spiro atoms. The van der Waals surface area contributed by atoms with Crippen molar-refractivity contribution in [1.82, 2.24) is 14.7 Å². The van der Waals surface area contributed by atoms with E-state index in [1.165, 1.54) is 0 Å². The molecule has 1 aliphatic heterocycles. The Bertz CT molecular complexity index is 392. The lowest BCUT2D eigenvalue weighted by Crippen LogP contribution is -2.40. The molecule has 17 heavy (non-hydrogen) atoms. The van der Waals surface area contributed by atoms with Crippen LogP contribution in [0.3, 0.4) is 0 Å². The second-order valence-electron chi connectivity index (χ2n) is 4.74. The van der Waals surface area contributed by atoms with Crippen LogP contribution < -0.4 is 0 Å². The van der Waals surface area contributed by atoms with Crippen LogP contribution in [-0.4, -0.2) is 44.9 Å². The second kappa shape index (κ2) is 4.87. The molecule has 0 aliphatic carbocycles. The first kappa shape index (κ1) is 12.1. The molecular weight excluding hydrogens is 218 g/mol. The minimum Gasteiger partial charge on any atom is -0.393 e. The second-order valence-corrected chi connectivity index (χ2v) is 4.74. The minimum atomic E-state index is -0.276. The highest BCUT2D eigenvalue weighted by Crippen LogP contribution is 2.21. The lowest BCUT2D eigenvalue weighted by atomic mass is 9.92. The van der Waals surface area contributed by atoms with Gasteiger partial charge in [-0.15, -0.1) is 0 Å². The number of carbonyl (C=O) groups is 1. The van der Waals surface area contributed by atoms with E-state index < -0.39 is 0 Å². The number of hydrogen-bond donors (Lipinski definition) is 1. The van der Waals surface area contributed by atoms with Gasteiger partial charge in [-0.1, -0.05) is 0 Å². The van der Waals surface area contributed by atoms with Crippen LogP contribution in [0.2, 0.25) is 0 Å². The molecule has 94 valence electrons. The van der Waals surface area contributed by atoms with Crippen molar-refractivity contribution in [3.8, 4) is 0 Å². The third-order valence-corrected chi connectivity index (χ3v) is 3.44. The summed E-state index contributed by atoms with van der Waals surface area (Å²) in [6.45, 7) is 3.25. The van der Waals surface area contributed by atoms with Crippen molar-refractivity contribution in [2.24, 2.45) is 13.0 Å². The molecule has 0 bridgehead atoms. The Morgan fingerprint density at radius 2 is 2.18 bits per heavy atom. The number of aliphatic hydroxyl groups excluding tert-OH is 1. The number of hydrogen-bond acceptors (Lipinski definition) is 3. The van der Waals surface area contributed by atoms with Crippen LogP contribution in [0.25, 0.3) is 0 Å². The summed E-state index contributed by atoms with van der Waals surface area (Å²) >= 11 is 0. The largest absolute Gasteiger partial charge is 0.393 e. The fourth-order valence-corrected chi connectivity index (χ4v) is 2.28. The molecule has 1 fully saturated rings. The number of nitrogens with zero attached hydrogens (tertiary/aromatic N) is 3. The molecule has 1 N–H and O–H groups in total. The topological polar surface area (TPSA) is 58.4 Å². The highest BCUT2D eigenvalue weighted by molar-refractivity contribution is 5.92. The lowest BCUT2D eigenvalue weighted by molar-refractivity contribution is 0.0516. The van der Waals surface area contributed by atoms with Crippen molar-refractivity contribution in [2.45, 2.75) is 25.9 Å². The summed E-state index contributed by atoms with van der Waals surface area (Å²) in [6, 6.07) is 1.74. The van der Waals surface area contributed by atoms with Gasteiger partial charge >= 0.3 is 0 Å². The Labute approximate surface area is 101 Å². The number of rotatable bonds is 2. The summed E-state index contributed by atoms with van der Waals surface area (Å²) in [7, 11) is 1.80. The molecule has 0 radical (unpaired) electrons. The fraction of sp³-hybridized carbons (Fsp3) is 0.667. The van der Waals surface area contributed by atoms with Gasteiger partial charge < -0.3 is 10.0 Å². The van der Waals surface area contributed by atoms with Crippen LogP contribution in [0.1, 0.15) is 30.3 Å². The first-order valence-corrected chi connectivity index (χ1v) is 6.05. The monoisotopic (exact) mass is 237 g/mol. The first-order chi connectivity index (χ1) is 8.08. The first-order valence-electron chi connectivity index (χ1n) is 6.05. The Morgan fingerprint density at radius 1 is 1.53 bits per heavy atom. The Morgan fingerprint density at radius 3 is 2.65 bits per heavy atom. The van der Waals surface area contributed by atoms with E-state index in [0.29, 0.717) is 24.7 Å². The molecule has 2 rings (SSSR count). The standard InChI is InChI=1S/C12H19N3O2/c1-9(16)10-3-7-15(8-4-10)12(17)11-5-6-14(2)13-11/h5-6,9-10,16H,3-4,7-8H2,1-2H3. The number of likely N-dealkylation sites (tertiary alicyclic amines) is 1. The van der Waals surface area contributed by atoms with Crippen molar-refractivity contribution in [1.29, 1.82) is 0 Å². The molecule has 1 aromatic heterocycles. The molecule has 1 aromatic rings. The van der Waals surface area contributed by atoms with Crippen molar-refractivity contribution < 1.29 is 9.90 Å². The molecule has 0 saturated carbocycles. The predicted molar refractivity (Wildman–Crippen MR) is 63.5 cm³/mol. The maximum Gasteiger partial charge on any atom is 0.274 e. The Hall–Kier alpha value is -1.36. The van der Waals surface area contributed by atoms with Gasteiger partial charge in [-0.05, 0) is 31.7 Å². The van der Waals surface area contributed by atoms with Gasteiger partial charge in [-0.2, -0.15) is 5.10 Å². The predicted octanol–water partition coefficient (Wildman–Crippen LogP) is 0.653. The van der Waals surface area contributed by atoms with Gasteiger partial charge in [0.1, 0.15) is 5.69 Å². The zero-order valence-electron chi connectivity index (χ0n) is 10.3. The van der Waals surface area contributed by atoms with Gasteiger partial charge in [0.25, 0.3) is 5.91 Å². The highest BCUT2D eigenvalue weighted by Gasteiger charge is 2.26. The maximum atomic E-state index is 12.1. The van der Waals surface area contributed by atoms with Gasteiger partial charge in [-0.3, -0.25) is 9.48 Å². The van der Waals surface area contributed by atoms with E-state index in [1.807, 2.05) is 11.8 Å². The summed E-state index contributed by atoms with van der Waals surface area (Å²) in [6.07, 6.45) is 3.24. The summed E-state index contributed by atoms with van der Waals surface area (Å²) in [5.74, 6) is 0.317. The number of aryl methyl sites for hydroxylation is 1. The minimum absolute atomic E-state index is 0.00496. The van der Waals surface area contributed by atoms with E-state index in [4.69, 9.17) is 0 Å². The van der Waals surface area contributed by atoms with Crippen LogP contribution in [0.4, 0.5) is 0 Å². The van der Waals surface area contributed by atoms with E-state index in [-0.39, 0.29) is 12.0 Å². The van der Waals surface area contributed by atoms with E-state index in [2.05, 4.69) is 5.10 Å². The van der Waals surface area contributed by atoms with Gasteiger partial charge in [-0.25, -0.2) is 0 Å². The molecule has 1 saturated heterocycles. The number of aromatic nitrogens is 2. The molecular formula is C12H19N3O2. The van der Waals surface area contributed by atoms with Crippen LogP contribution in [0, 0.1) is 5.92 Å². The van der Waals surface area contributed by atoms with Crippen LogP contribution >= 0.6 is 0 Å².